The minimum Gasteiger partial charge on any atom is -0.354 e. The molecule has 8 heteroatoms. The lowest BCUT2D eigenvalue weighted by Crippen LogP contribution is -2.41. The second-order valence-corrected chi connectivity index (χ2v) is 4.26. The summed E-state index contributed by atoms with van der Waals surface area (Å²) in [6, 6.07) is 1.17. The summed E-state index contributed by atoms with van der Waals surface area (Å²) in [7, 11) is 0. The summed E-state index contributed by atoms with van der Waals surface area (Å²) in [4.78, 5) is 49.2. The first kappa shape index (κ1) is 13.1. The van der Waals surface area contributed by atoms with Gasteiger partial charge in [-0.1, -0.05) is 0 Å². The van der Waals surface area contributed by atoms with Gasteiger partial charge in [0.2, 0.25) is 11.8 Å². The van der Waals surface area contributed by atoms with Gasteiger partial charge in [0.25, 0.3) is 5.56 Å². The molecule has 2 heterocycles. The number of rotatable bonds is 2. The van der Waals surface area contributed by atoms with Crippen molar-refractivity contribution in [2.45, 2.75) is 13.0 Å². The molecule has 0 radical (unpaired) electrons. The summed E-state index contributed by atoms with van der Waals surface area (Å²) in [5.41, 5.74) is -1.15. The SMILES string of the molecule is O=C1CN(C(=O)Cn2ccc(=O)[nH]c2=O)CCCN1. The van der Waals surface area contributed by atoms with Gasteiger partial charge in [-0.15, -0.1) is 0 Å². The number of amides is 2. The van der Waals surface area contributed by atoms with Crippen molar-refractivity contribution in [2.75, 3.05) is 19.6 Å². The third-order valence-electron chi connectivity index (χ3n) is 2.82. The van der Waals surface area contributed by atoms with Crippen molar-refractivity contribution in [1.29, 1.82) is 0 Å². The highest BCUT2D eigenvalue weighted by atomic mass is 16.2. The smallest absolute Gasteiger partial charge is 0.328 e. The van der Waals surface area contributed by atoms with E-state index in [1.807, 2.05) is 0 Å². The Morgan fingerprint density at radius 1 is 1.32 bits per heavy atom. The maximum Gasteiger partial charge on any atom is 0.328 e. The predicted octanol–water partition coefficient (Wildman–Crippen LogP) is -2.11. The van der Waals surface area contributed by atoms with E-state index in [1.54, 1.807) is 0 Å². The van der Waals surface area contributed by atoms with Gasteiger partial charge in [-0.05, 0) is 6.42 Å². The average molecular weight is 266 g/mol. The maximum absolute atomic E-state index is 12.0. The standard InChI is InChI=1S/C11H14N4O4/c16-8-2-5-15(11(19)13-8)7-10(18)14-4-1-3-12-9(17)6-14/h2,5H,1,3-4,6-7H2,(H,12,17)(H,13,16,19). The predicted molar refractivity (Wildman–Crippen MR) is 65.5 cm³/mol. The number of hydrogen-bond acceptors (Lipinski definition) is 4. The lowest BCUT2D eigenvalue weighted by molar-refractivity contribution is -0.135. The Bertz CT molecular complexity index is 603. The fraction of sp³-hybridized carbons (Fsp3) is 0.455. The van der Waals surface area contributed by atoms with Crippen LogP contribution in [0, 0.1) is 0 Å². The van der Waals surface area contributed by atoms with Crippen LogP contribution in [0.5, 0.6) is 0 Å². The summed E-state index contributed by atoms with van der Waals surface area (Å²) in [6.07, 6.45) is 1.94. The first-order valence-corrected chi connectivity index (χ1v) is 5.90. The maximum atomic E-state index is 12.0. The molecule has 1 aliphatic rings. The molecule has 102 valence electrons. The third-order valence-corrected chi connectivity index (χ3v) is 2.82. The van der Waals surface area contributed by atoms with Gasteiger partial charge in [-0.25, -0.2) is 4.79 Å². The summed E-state index contributed by atoms with van der Waals surface area (Å²) in [5.74, 6) is -0.536. The Hall–Kier alpha value is -2.38. The van der Waals surface area contributed by atoms with Crippen molar-refractivity contribution in [3.8, 4) is 0 Å². The van der Waals surface area contributed by atoms with Crippen molar-refractivity contribution in [3.05, 3.63) is 33.1 Å². The Morgan fingerprint density at radius 2 is 2.11 bits per heavy atom. The van der Waals surface area contributed by atoms with E-state index in [9.17, 15) is 19.2 Å². The minimum atomic E-state index is -0.639. The van der Waals surface area contributed by atoms with E-state index in [0.717, 1.165) is 4.57 Å². The molecular weight excluding hydrogens is 252 g/mol. The van der Waals surface area contributed by atoms with E-state index >= 15 is 0 Å². The van der Waals surface area contributed by atoms with Crippen LogP contribution in [0.2, 0.25) is 0 Å². The van der Waals surface area contributed by atoms with Crippen molar-refractivity contribution in [1.82, 2.24) is 19.8 Å². The molecule has 1 saturated heterocycles. The summed E-state index contributed by atoms with van der Waals surface area (Å²) < 4.78 is 1.10. The molecular formula is C11H14N4O4. The molecule has 0 spiro atoms. The highest BCUT2D eigenvalue weighted by molar-refractivity contribution is 5.85. The highest BCUT2D eigenvalue weighted by Gasteiger charge is 2.20. The van der Waals surface area contributed by atoms with Crippen LogP contribution in [0.15, 0.2) is 21.9 Å². The zero-order chi connectivity index (χ0) is 13.8. The third kappa shape index (κ3) is 3.30. The fourth-order valence-corrected chi connectivity index (χ4v) is 1.83. The molecule has 1 aromatic rings. The van der Waals surface area contributed by atoms with E-state index in [4.69, 9.17) is 0 Å². The molecule has 1 aliphatic heterocycles. The molecule has 2 N–H and O–H groups in total. The second kappa shape index (κ2) is 5.51. The first-order chi connectivity index (χ1) is 9.06. The van der Waals surface area contributed by atoms with E-state index in [0.29, 0.717) is 19.5 Å². The van der Waals surface area contributed by atoms with Crippen LogP contribution in [0.25, 0.3) is 0 Å². The molecule has 2 rings (SSSR count). The molecule has 2 amide bonds. The molecule has 0 aromatic carbocycles. The number of H-pyrrole nitrogens is 1. The van der Waals surface area contributed by atoms with Gasteiger partial charge in [-0.3, -0.25) is 23.9 Å². The normalized spacial score (nSPS) is 15.8. The van der Waals surface area contributed by atoms with Crippen LogP contribution in [0.3, 0.4) is 0 Å². The van der Waals surface area contributed by atoms with Crippen LogP contribution in [0.1, 0.15) is 6.42 Å². The molecule has 19 heavy (non-hydrogen) atoms. The van der Waals surface area contributed by atoms with Crippen molar-refractivity contribution in [3.63, 3.8) is 0 Å². The molecule has 0 bridgehead atoms. The topological polar surface area (TPSA) is 104 Å². The molecule has 0 atom stereocenters. The zero-order valence-electron chi connectivity index (χ0n) is 10.2. The molecule has 0 aliphatic carbocycles. The number of aromatic nitrogens is 2. The van der Waals surface area contributed by atoms with Gasteiger partial charge < -0.3 is 10.2 Å². The number of hydrogen-bond donors (Lipinski definition) is 2. The number of carbonyl (C=O) groups excluding carboxylic acids is 2. The Morgan fingerprint density at radius 3 is 2.84 bits per heavy atom. The van der Waals surface area contributed by atoms with Gasteiger partial charge in [0.05, 0.1) is 6.54 Å². The molecule has 1 aromatic heterocycles. The number of nitrogens with one attached hydrogen (secondary N) is 2. The van der Waals surface area contributed by atoms with Crippen LogP contribution < -0.4 is 16.6 Å². The lowest BCUT2D eigenvalue weighted by atomic mass is 10.3. The molecule has 0 unspecified atom stereocenters. The fourth-order valence-electron chi connectivity index (χ4n) is 1.83. The summed E-state index contributed by atoms with van der Waals surface area (Å²) in [6.45, 7) is 0.816. The monoisotopic (exact) mass is 266 g/mol. The lowest BCUT2D eigenvalue weighted by Gasteiger charge is -2.19. The van der Waals surface area contributed by atoms with Gasteiger partial charge in [-0.2, -0.15) is 0 Å². The van der Waals surface area contributed by atoms with Crippen molar-refractivity contribution in [2.24, 2.45) is 0 Å². The molecule has 8 nitrogen and oxygen atoms in total. The Balaban J connectivity index is 2.09. The van der Waals surface area contributed by atoms with Crippen molar-refractivity contribution < 1.29 is 9.59 Å². The summed E-state index contributed by atoms with van der Waals surface area (Å²) >= 11 is 0. The van der Waals surface area contributed by atoms with Gasteiger partial charge >= 0.3 is 5.69 Å². The van der Waals surface area contributed by atoms with Crippen LogP contribution in [-0.2, 0) is 16.1 Å². The van der Waals surface area contributed by atoms with Crippen LogP contribution >= 0.6 is 0 Å². The van der Waals surface area contributed by atoms with Gasteiger partial charge in [0, 0.05) is 25.4 Å². The largest absolute Gasteiger partial charge is 0.354 e. The average Bonchev–Trinajstić information content (AvgIpc) is 2.57. The highest BCUT2D eigenvalue weighted by Crippen LogP contribution is 1.98. The number of nitrogens with zero attached hydrogens (tertiary/aromatic N) is 2. The van der Waals surface area contributed by atoms with Gasteiger partial charge in [0.15, 0.2) is 0 Å². The molecule has 0 saturated carbocycles. The minimum absolute atomic E-state index is 0.00304. The van der Waals surface area contributed by atoms with Crippen LogP contribution in [0.4, 0.5) is 0 Å². The number of carbonyl (C=O) groups is 2. The van der Waals surface area contributed by atoms with E-state index in [1.165, 1.54) is 17.2 Å². The molecule has 1 fully saturated rings. The Kier molecular flexibility index (Phi) is 3.79. The Labute approximate surface area is 108 Å². The summed E-state index contributed by atoms with van der Waals surface area (Å²) in [5, 5.41) is 2.66. The van der Waals surface area contributed by atoms with E-state index < -0.39 is 11.2 Å². The number of aromatic amines is 1. The van der Waals surface area contributed by atoms with Crippen molar-refractivity contribution >= 4 is 11.8 Å². The van der Waals surface area contributed by atoms with E-state index in [2.05, 4.69) is 10.3 Å². The second-order valence-electron chi connectivity index (χ2n) is 4.26. The quantitative estimate of drug-likeness (QED) is 0.639. The van der Waals surface area contributed by atoms with Crippen LogP contribution in [-0.4, -0.2) is 45.9 Å². The first-order valence-electron chi connectivity index (χ1n) is 5.90. The van der Waals surface area contributed by atoms with Gasteiger partial charge in [0.1, 0.15) is 6.54 Å². The zero-order valence-corrected chi connectivity index (χ0v) is 10.2. The van der Waals surface area contributed by atoms with E-state index in [-0.39, 0.29) is 24.9 Å².